The quantitative estimate of drug-likeness (QED) is 0.708. The van der Waals surface area contributed by atoms with Crippen LogP contribution in [0.15, 0.2) is 65.3 Å². The molecule has 0 unspecified atom stereocenters. The Kier molecular flexibility index (Phi) is 4.46. The number of rotatable bonds is 5. The van der Waals surface area contributed by atoms with Gasteiger partial charge in [0.25, 0.3) is 5.91 Å². The fourth-order valence-corrected chi connectivity index (χ4v) is 3.09. The summed E-state index contributed by atoms with van der Waals surface area (Å²) in [6.07, 6.45) is 1.95. The van der Waals surface area contributed by atoms with E-state index in [9.17, 15) is 9.59 Å². The lowest BCUT2D eigenvalue weighted by atomic mass is 10.1. The van der Waals surface area contributed by atoms with Crippen LogP contribution >= 0.6 is 0 Å². The average molecular weight is 361 g/mol. The Hall–Kier alpha value is -3.41. The minimum absolute atomic E-state index is 0.0886. The van der Waals surface area contributed by atoms with E-state index in [0.717, 1.165) is 16.7 Å². The first-order chi connectivity index (χ1) is 13.1. The van der Waals surface area contributed by atoms with Gasteiger partial charge in [-0.3, -0.25) is 9.69 Å². The fraction of sp³-hybridized carbons (Fsp3) is 0.190. The van der Waals surface area contributed by atoms with Crippen LogP contribution in [0.25, 0.3) is 11.5 Å². The zero-order valence-electron chi connectivity index (χ0n) is 14.9. The molecule has 1 atom stereocenters. The first-order valence-corrected chi connectivity index (χ1v) is 8.77. The standard InChI is InChI=1S/C21H19N3O3/c1-14-7-9-16(10-8-14)19-22-17(13-27-19)12-24-20(25)18(23-21(24)26)11-15-5-3-2-4-6-15/h2-10,13,18H,11-12H2,1H3,(H,23,26)/t18-/m0/s1. The first kappa shape index (κ1) is 17.0. The molecule has 0 aliphatic carbocycles. The Morgan fingerprint density at radius 2 is 1.81 bits per heavy atom. The highest BCUT2D eigenvalue weighted by molar-refractivity contribution is 6.04. The van der Waals surface area contributed by atoms with E-state index in [1.807, 2.05) is 61.5 Å². The molecule has 0 saturated carbocycles. The van der Waals surface area contributed by atoms with Crippen molar-refractivity contribution in [2.45, 2.75) is 25.9 Å². The van der Waals surface area contributed by atoms with Crippen molar-refractivity contribution in [2.24, 2.45) is 0 Å². The van der Waals surface area contributed by atoms with Gasteiger partial charge in [-0.05, 0) is 24.6 Å². The van der Waals surface area contributed by atoms with Gasteiger partial charge in [-0.15, -0.1) is 0 Å². The van der Waals surface area contributed by atoms with Gasteiger partial charge in [-0.1, -0.05) is 48.0 Å². The predicted octanol–water partition coefficient (Wildman–Crippen LogP) is 3.31. The number of carbonyl (C=O) groups excluding carboxylic acids is 2. The second-order valence-electron chi connectivity index (χ2n) is 6.63. The number of benzene rings is 2. The molecule has 27 heavy (non-hydrogen) atoms. The molecule has 1 saturated heterocycles. The number of oxazole rings is 1. The smallest absolute Gasteiger partial charge is 0.325 e. The number of carbonyl (C=O) groups is 2. The van der Waals surface area contributed by atoms with E-state index in [-0.39, 0.29) is 12.5 Å². The van der Waals surface area contributed by atoms with Crippen LogP contribution < -0.4 is 5.32 Å². The molecule has 136 valence electrons. The number of urea groups is 1. The number of nitrogens with one attached hydrogen (secondary N) is 1. The van der Waals surface area contributed by atoms with E-state index in [1.165, 1.54) is 11.2 Å². The highest BCUT2D eigenvalue weighted by atomic mass is 16.3. The van der Waals surface area contributed by atoms with Gasteiger partial charge in [0.15, 0.2) is 0 Å². The van der Waals surface area contributed by atoms with Crippen molar-refractivity contribution in [3.8, 4) is 11.5 Å². The minimum Gasteiger partial charge on any atom is -0.444 e. The summed E-state index contributed by atoms with van der Waals surface area (Å²) in [4.78, 5) is 30.5. The summed E-state index contributed by atoms with van der Waals surface area (Å²) in [7, 11) is 0. The van der Waals surface area contributed by atoms with Gasteiger partial charge in [0.2, 0.25) is 5.89 Å². The van der Waals surface area contributed by atoms with Crippen molar-refractivity contribution >= 4 is 11.9 Å². The number of aryl methyl sites for hydroxylation is 1. The van der Waals surface area contributed by atoms with Crippen LogP contribution in [0, 0.1) is 6.92 Å². The van der Waals surface area contributed by atoms with Crippen LogP contribution in [0.1, 0.15) is 16.8 Å². The summed E-state index contributed by atoms with van der Waals surface area (Å²) in [6, 6.07) is 16.5. The average Bonchev–Trinajstić information content (AvgIpc) is 3.24. The van der Waals surface area contributed by atoms with Crippen LogP contribution in [0.5, 0.6) is 0 Å². The molecule has 1 N–H and O–H groups in total. The highest BCUT2D eigenvalue weighted by Gasteiger charge is 2.38. The largest absolute Gasteiger partial charge is 0.444 e. The number of aromatic nitrogens is 1. The lowest BCUT2D eigenvalue weighted by molar-refractivity contribution is -0.127. The molecule has 3 aromatic rings. The van der Waals surface area contributed by atoms with E-state index >= 15 is 0 Å². The number of amides is 3. The number of hydrogen-bond acceptors (Lipinski definition) is 4. The van der Waals surface area contributed by atoms with Gasteiger partial charge >= 0.3 is 6.03 Å². The molecular formula is C21H19N3O3. The maximum Gasteiger partial charge on any atom is 0.325 e. The monoisotopic (exact) mass is 361 g/mol. The molecular weight excluding hydrogens is 342 g/mol. The van der Waals surface area contributed by atoms with Crippen LogP contribution in [0.4, 0.5) is 4.79 Å². The number of nitrogens with zero attached hydrogens (tertiary/aromatic N) is 2. The molecule has 2 aromatic carbocycles. The van der Waals surface area contributed by atoms with Gasteiger partial charge in [0, 0.05) is 12.0 Å². The molecule has 1 fully saturated rings. The zero-order chi connectivity index (χ0) is 18.8. The molecule has 6 heteroatoms. The van der Waals surface area contributed by atoms with Crippen molar-refractivity contribution in [1.29, 1.82) is 0 Å². The van der Waals surface area contributed by atoms with Gasteiger partial charge in [-0.25, -0.2) is 9.78 Å². The van der Waals surface area contributed by atoms with Crippen LogP contribution in [0.2, 0.25) is 0 Å². The maximum atomic E-state index is 12.6. The topological polar surface area (TPSA) is 75.4 Å². The molecule has 3 amide bonds. The number of hydrogen-bond donors (Lipinski definition) is 1. The third-order valence-electron chi connectivity index (χ3n) is 4.56. The van der Waals surface area contributed by atoms with Crippen LogP contribution in [-0.2, 0) is 17.8 Å². The molecule has 1 aromatic heterocycles. The predicted molar refractivity (Wildman–Crippen MR) is 99.7 cm³/mol. The molecule has 1 aliphatic rings. The molecule has 0 bridgehead atoms. The summed E-state index contributed by atoms with van der Waals surface area (Å²) in [5.41, 5.74) is 3.54. The van der Waals surface area contributed by atoms with E-state index in [1.54, 1.807) is 0 Å². The van der Waals surface area contributed by atoms with Crippen molar-refractivity contribution in [3.05, 3.63) is 77.7 Å². The lowest BCUT2D eigenvalue weighted by Crippen LogP contribution is -2.32. The molecule has 0 radical (unpaired) electrons. The normalized spacial score (nSPS) is 16.6. The van der Waals surface area contributed by atoms with Crippen molar-refractivity contribution in [2.75, 3.05) is 0 Å². The van der Waals surface area contributed by atoms with Gasteiger partial charge in [-0.2, -0.15) is 0 Å². The maximum absolute atomic E-state index is 12.6. The van der Waals surface area contributed by atoms with E-state index < -0.39 is 12.1 Å². The second-order valence-corrected chi connectivity index (χ2v) is 6.63. The highest BCUT2D eigenvalue weighted by Crippen LogP contribution is 2.21. The summed E-state index contributed by atoms with van der Waals surface area (Å²) in [5, 5.41) is 2.75. The SMILES string of the molecule is Cc1ccc(-c2nc(CN3C(=O)N[C@@H](Cc4ccccc4)C3=O)co2)cc1. The van der Waals surface area contributed by atoms with Crippen molar-refractivity contribution in [3.63, 3.8) is 0 Å². The second kappa shape index (κ2) is 7.07. The van der Waals surface area contributed by atoms with Gasteiger partial charge in [0.1, 0.15) is 12.3 Å². The van der Waals surface area contributed by atoms with Gasteiger partial charge < -0.3 is 9.73 Å². The Morgan fingerprint density at radius 1 is 1.07 bits per heavy atom. The Balaban J connectivity index is 1.45. The van der Waals surface area contributed by atoms with Gasteiger partial charge in [0.05, 0.1) is 12.2 Å². The number of imide groups is 1. The zero-order valence-corrected chi connectivity index (χ0v) is 14.9. The lowest BCUT2D eigenvalue weighted by Gasteiger charge is -2.11. The molecule has 6 nitrogen and oxygen atoms in total. The van der Waals surface area contributed by atoms with E-state index in [0.29, 0.717) is 18.0 Å². The molecule has 1 aliphatic heterocycles. The van der Waals surface area contributed by atoms with Crippen LogP contribution in [-0.4, -0.2) is 27.9 Å². The Bertz CT molecular complexity index is 964. The Labute approximate surface area is 156 Å². The fourth-order valence-electron chi connectivity index (χ4n) is 3.09. The van der Waals surface area contributed by atoms with Crippen LogP contribution in [0.3, 0.4) is 0 Å². The third-order valence-corrected chi connectivity index (χ3v) is 4.56. The molecule has 2 heterocycles. The first-order valence-electron chi connectivity index (χ1n) is 8.77. The summed E-state index contributed by atoms with van der Waals surface area (Å²) >= 11 is 0. The van der Waals surface area contributed by atoms with E-state index in [4.69, 9.17) is 4.42 Å². The summed E-state index contributed by atoms with van der Waals surface area (Å²) < 4.78 is 5.51. The summed E-state index contributed by atoms with van der Waals surface area (Å²) in [6.45, 7) is 2.10. The third kappa shape index (κ3) is 3.60. The molecule has 4 rings (SSSR count). The Morgan fingerprint density at radius 3 is 2.56 bits per heavy atom. The minimum atomic E-state index is -0.552. The van der Waals surface area contributed by atoms with Crippen molar-refractivity contribution < 1.29 is 14.0 Å². The molecule has 0 spiro atoms. The summed E-state index contributed by atoms with van der Waals surface area (Å²) in [5.74, 6) is 0.224. The van der Waals surface area contributed by atoms with E-state index in [2.05, 4.69) is 10.3 Å². The van der Waals surface area contributed by atoms with Crippen molar-refractivity contribution in [1.82, 2.24) is 15.2 Å².